The van der Waals surface area contributed by atoms with Crippen molar-refractivity contribution in [3.63, 3.8) is 0 Å². The maximum absolute atomic E-state index is 12.4. The Balaban J connectivity index is 1.44. The maximum atomic E-state index is 12.4. The number of benzene rings is 1. The molecule has 0 spiro atoms. The van der Waals surface area contributed by atoms with Gasteiger partial charge in [-0.1, -0.05) is 23.2 Å². The fourth-order valence-electron chi connectivity index (χ4n) is 3.58. The SMILES string of the molecule is COC1CCN(C2CCN(C(=O)COc3ccc(Cl)cc3Cl)CC2)C1. The summed E-state index contributed by atoms with van der Waals surface area (Å²) in [7, 11) is 1.78. The number of hydrogen-bond donors (Lipinski definition) is 0. The van der Waals surface area contributed by atoms with E-state index in [2.05, 4.69) is 4.90 Å². The first-order valence-electron chi connectivity index (χ1n) is 8.69. The van der Waals surface area contributed by atoms with Crippen molar-refractivity contribution < 1.29 is 14.3 Å². The zero-order valence-corrected chi connectivity index (χ0v) is 15.9. The van der Waals surface area contributed by atoms with Gasteiger partial charge in [-0.3, -0.25) is 9.69 Å². The average molecular weight is 387 g/mol. The lowest BCUT2D eigenvalue weighted by Gasteiger charge is -2.36. The quantitative estimate of drug-likeness (QED) is 0.779. The second-order valence-electron chi connectivity index (χ2n) is 6.62. The second-order valence-corrected chi connectivity index (χ2v) is 7.46. The van der Waals surface area contributed by atoms with Crippen LogP contribution in [-0.4, -0.2) is 67.7 Å². The Morgan fingerprint density at radius 3 is 2.60 bits per heavy atom. The Morgan fingerprint density at radius 1 is 1.20 bits per heavy atom. The van der Waals surface area contributed by atoms with E-state index in [-0.39, 0.29) is 12.5 Å². The van der Waals surface area contributed by atoms with Crippen LogP contribution < -0.4 is 4.74 Å². The van der Waals surface area contributed by atoms with Crippen LogP contribution in [0.2, 0.25) is 10.0 Å². The molecule has 1 aromatic rings. The summed E-state index contributed by atoms with van der Waals surface area (Å²) in [5.74, 6) is 0.484. The van der Waals surface area contributed by atoms with Crippen LogP contribution in [0.5, 0.6) is 5.75 Å². The molecule has 7 heteroatoms. The normalized spacial score (nSPS) is 22.4. The van der Waals surface area contributed by atoms with Gasteiger partial charge in [-0.2, -0.15) is 0 Å². The predicted octanol–water partition coefficient (Wildman–Crippen LogP) is 3.08. The molecule has 1 unspecified atom stereocenters. The van der Waals surface area contributed by atoms with Gasteiger partial charge in [0.1, 0.15) is 5.75 Å². The maximum Gasteiger partial charge on any atom is 0.260 e. The van der Waals surface area contributed by atoms with Crippen molar-refractivity contribution in [2.45, 2.75) is 31.4 Å². The molecule has 2 aliphatic rings. The molecule has 1 amide bonds. The molecule has 1 aromatic carbocycles. The van der Waals surface area contributed by atoms with Crippen molar-refractivity contribution in [3.8, 4) is 5.75 Å². The lowest BCUT2D eigenvalue weighted by Crippen LogP contribution is -2.47. The van der Waals surface area contributed by atoms with Crippen LogP contribution in [0.3, 0.4) is 0 Å². The summed E-state index contributed by atoms with van der Waals surface area (Å²) < 4.78 is 11.0. The van der Waals surface area contributed by atoms with E-state index in [9.17, 15) is 4.79 Å². The minimum Gasteiger partial charge on any atom is -0.482 e. The van der Waals surface area contributed by atoms with E-state index in [0.29, 0.717) is 27.9 Å². The lowest BCUT2D eigenvalue weighted by molar-refractivity contribution is -0.134. The van der Waals surface area contributed by atoms with Crippen molar-refractivity contribution in [1.29, 1.82) is 0 Å². The van der Waals surface area contributed by atoms with Crippen LogP contribution in [0.25, 0.3) is 0 Å². The number of carbonyl (C=O) groups excluding carboxylic acids is 1. The molecule has 0 saturated carbocycles. The molecule has 0 radical (unpaired) electrons. The van der Waals surface area contributed by atoms with Crippen LogP contribution in [0.1, 0.15) is 19.3 Å². The molecule has 0 N–H and O–H groups in total. The molecule has 2 aliphatic heterocycles. The summed E-state index contributed by atoms with van der Waals surface area (Å²) in [6, 6.07) is 5.54. The number of methoxy groups -OCH3 is 1. The van der Waals surface area contributed by atoms with Gasteiger partial charge in [0, 0.05) is 44.4 Å². The smallest absolute Gasteiger partial charge is 0.260 e. The molecule has 2 saturated heterocycles. The standard InChI is InChI=1S/C18H24Cl2N2O3/c1-24-15-6-9-22(11-15)14-4-7-21(8-5-14)18(23)12-25-17-3-2-13(19)10-16(17)20/h2-3,10,14-15H,4-9,11-12H2,1H3. The van der Waals surface area contributed by atoms with E-state index in [1.54, 1.807) is 25.3 Å². The van der Waals surface area contributed by atoms with E-state index >= 15 is 0 Å². The van der Waals surface area contributed by atoms with E-state index in [1.807, 2.05) is 4.90 Å². The highest BCUT2D eigenvalue weighted by Crippen LogP contribution is 2.28. The fourth-order valence-corrected chi connectivity index (χ4v) is 4.04. The van der Waals surface area contributed by atoms with Gasteiger partial charge in [0.2, 0.25) is 0 Å². The van der Waals surface area contributed by atoms with Gasteiger partial charge >= 0.3 is 0 Å². The number of hydrogen-bond acceptors (Lipinski definition) is 4. The molecular weight excluding hydrogens is 363 g/mol. The van der Waals surface area contributed by atoms with Gasteiger partial charge in [0.25, 0.3) is 5.91 Å². The number of piperidine rings is 1. The minimum absolute atomic E-state index is 0.000608. The van der Waals surface area contributed by atoms with E-state index in [0.717, 1.165) is 45.4 Å². The highest BCUT2D eigenvalue weighted by atomic mass is 35.5. The molecule has 0 aromatic heterocycles. The fraction of sp³-hybridized carbons (Fsp3) is 0.611. The number of nitrogens with zero attached hydrogens (tertiary/aromatic N) is 2. The third-order valence-electron chi connectivity index (χ3n) is 5.09. The molecule has 2 fully saturated rings. The van der Waals surface area contributed by atoms with Crippen LogP contribution in [-0.2, 0) is 9.53 Å². The third kappa shape index (κ3) is 4.79. The van der Waals surface area contributed by atoms with Crippen molar-refractivity contribution >= 4 is 29.1 Å². The number of carbonyl (C=O) groups is 1. The summed E-state index contributed by atoms with van der Waals surface area (Å²) in [4.78, 5) is 16.8. The summed E-state index contributed by atoms with van der Waals surface area (Å²) in [5, 5.41) is 0.962. The molecule has 0 aliphatic carbocycles. The van der Waals surface area contributed by atoms with E-state index < -0.39 is 0 Å². The van der Waals surface area contributed by atoms with Crippen molar-refractivity contribution in [1.82, 2.24) is 9.80 Å². The Kier molecular flexibility index (Phi) is 6.44. The molecule has 3 rings (SSSR count). The van der Waals surface area contributed by atoms with Crippen LogP contribution in [0, 0.1) is 0 Å². The minimum atomic E-state index is 0.000608. The first-order valence-corrected chi connectivity index (χ1v) is 9.45. The molecule has 0 bridgehead atoms. The predicted molar refractivity (Wildman–Crippen MR) is 98.5 cm³/mol. The summed E-state index contributed by atoms with van der Waals surface area (Å²) in [5.41, 5.74) is 0. The summed E-state index contributed by atoms with van der Waals surface area (Å²) in [6.07, 6.45) is 3.47. The van der Waals surface area contributed by atoms with Gasteiger partial charge in [0.15, 0.2) is 6.61 Å². The topological polar surface area (TPSA) is 42.0 Å². The Morgan fingerprint density at radius 2 is 1.96 bits per heavy atom. The van der Waals surface area contributed by atoms with Gasteiger partial charge in [-0.25, -0.2) is 0 Å². The number of likely N-dealkylation sites (tertiary alicyclic amines) is 2. The molecule has 1 atom stereocenters. The highest BCUT2D eigenvalue weighted by Gasteiger charge is 2.31. The molecule has 138 valence electrons. The molecule has 2 heterocycles. The largest absolute Gasteiger partial charge is 0.482 e. The van der Waals surface area contributed by atoms with E-state index in [4.69, 9.17) is 32.7 Å². The van der Waals surface area contributed by atoms with E-state index in [1.165, 1.54) is 0 Å². The molecule has 25 heavy (non-hydrogen) atoms. The Labute approximate surface area is 158 Å². The number of amides is 1. The van der Waals surface area contributed by atoms with Gasteiger partial charge in [0.05, 0.1) is 11.1 Å². The van der Waals surface area contributed by atoms with Crippen LogP contribution >= 0.6 is 23.2 Å². The first-order chi connectivity index (χ1) is 12.1. The summed E-state index contributed by atoms with van der Waals surface area (Å²) in [6.45, 7) is 3.65. The van der Waals surface area contributed by atoms with Crippen molar-refractivity contribution in [2.75, 3.05) is 39.9 Å². The summed E-state index contributed by atoms with van der Waals surface area (Å²) >= 11 is 11.9. The number of ether oxygens (including phenoxy) is 2. The van der Waals surface area contributed by atoms with Crippen molar-refractivity contribution in [3.05, 3.63) is 28.2 Å². The Bertz CT molecular complexity index is 606. The first kappa shape index (κ1) is 18.8. The van der Waals surface area contributed by atoms with Crippen LogP contribution in [0.4, 0.5) is 0 Å². The monoisotopic (exact) mass is 386 g/mol. The molecule has 5 nitrogen and oxygen atoms in total. The van der Waals surface area contributed by atoms with Gasteiger partial charge in [-0.15, -0.1) is 0 Å². The van der Waals surface area contributed by atoms with Gasteiger partial charge in [-0.05, 0) is 37.5 Å². The lowest BCUT2D eigenvalue weighted by atomic mass is 10.0. The zero-order valence-electron chi connectivity index (χ0n) is 14.4. The molecular formula is C18H24Cl2N2O3. The zero-order chi connectivity index (χ0) is 17.8. The average Bonchev–Trinajstić information content (AvgIpc) is 3.10. The Hall–Kier alpha value is -1.01. The number of rotatable bonds is 5. The van der Waals surface area contributed by atoms with Crippen molar-refractivity contribution in [2.24, 2.45) is 0 Å². The third-order valence-corrected chi connectivity index (χ3v) is 5.62. The van der Waals surface area contributed by atoms with Crippen LogP contribution in [0.15, 0.2) is 18.2 Å². The highest BCUT2D eigenvalue weighted by molar-refractivity contribution is 6.35. The second kappa shape index (κ2) is 8.58. The van der Waals surface area contributed by atoms with Gasteiger partial charge < -0.3 is 14.4 Å². The number of halogens is 2.